The fourth-order valence-electron chi connectivity index (χ4n) is 2.44. The van der Waals surface area contributed by atoms with Crippen molar-refractivity contribution in [2.24, 2.45) is 0 Å². The van der Waals surface area contributed by atoms with Crippen LogP contribution in [-0.2, 0) is 0 Å². The van der Waals surface area contributed by atoms with Gasteiger partial charge >= 0.3 is 0 Å². The van der Waals surface area contributed by atoms with Crippen molar-refractivity contribution < 1.29 is 13.2 Å². The molecule has 0 bridgehead atoms. The molecule has 4 heteroatoms. The van der Waals surface area contributed by atoms with Crippen LogP contribution in [0.3, 0.4) is 0 Å². The Balaban J connectivity index is 2.37. The molecular formula is C18H12F3N. The van der Waals surface area contributed by atoms with Gasteiger partial charge in [0.1, 0.15) is 0 Å². The summed E-state index contributed by atoms with van der Waals surface area (Å²) in [6.45, 7) is 1.87. The first-order valence-electron chi connectivity index (χ1n) is 6.77. The van der Waals surface area contributed by atoms with Gasteiger partial charge in [-0.15, -0.1) is 0 Å². The van der Waals surface area contributed by atoms with Gasteiger partial charge in [0.15, 0.2) is 17.5 Å². The zero-order chi connectivity index (χ0) is 15.7. The fourth-order valence-corrected chi connectivity index (χ4v) is 2.44. The zero-order valence-electron chi connectivity index (χ0n) is 11.8. The van der Waals surface area contributed by atoms with Crippen molar-refractivity contribution in [3.63, 3.8) is 0 Å². The molecule has 22 heavy (non-hydrogen) atoms. The topological polar surface area (TPSA) is 12.9 Å². The third kappa shape index (κ3) is 2.37. The molecule has 110 valence electrons. The summed E-state index contributed by atoms with van der Waals surface area (Å²) in [4.78, 5) is 4.25. The number of halogens is 3. The van der Waals surface area contributed by atoms with Gasteiger partial charge < -0.3 is 0 Å². The quantitative estimate of drug-likeness (QED) is 0.581. The number of fused-ring (bicyclic) bond motifs is 1. The fraction of sp³-hybridized carbons (Fsp3) is 0.0556. The molecule has 0 aliphatic rings. The Morgan fingerprint density at radius 2 is 1.77 bits per heavy atom. The lowest BCUT2D eigenvalue weighted by atomic mass is 9.98. The lowest BCUT2D eigenvalue weighted by Gasteiger charge is -2.10. The molecule has 0 N–H and O–H groups in total. The molecule has 0 radical (unpaired) electrons. The number of hydrogen-bond donors (Lipinski definition) is 0. The molecule has 0 amide bonds. The van der Waals surface area contributed by atoms with Gasteiger partial charge in [0.2, 0.25) is 0 Å². The maximum absolute atomic E-state index is 14.1. The van der Waals surface area contributed by atoms with E-state index in [2.05, 4.69) is 4.98 Å². The highest BCUT2D eigenvalue weighted by molar-refractivity contribution is 5.95. The largest absolute Gasteiger partial charge is 0.256 e. The maximum atomic E-state index is 14.1. The summed E-state index contributed by atoms with van der Waals surface area (Å²) in [7, 11) is 0. The smallest absolute Gasteiger partial charge is 0.195 e. The van der Waals surface area contributed by atoms with E-state index in [1.807, 2.05) is 31.2 Å². The predicted molar refractivity (Wildman–Crippen MR) is 81.8 cm³/mol. The molecule has 3 aromatic rings. The van der Waals surface area contributed by atoms with Gasteiger partial charge in [-0.1, -0.05) is 18.2 Å². The van der Waals surface area contributed by atoms with Crippen molar-refractivity contribution in [3.8, 4) is 11.1 Å². The molecule has 0 aliphatic carbocycles. The van der Waals surface area contributed by atoms with Crippen LogP contribution in [0.2, 0.25) is 0 Å². The van der Waals surface area contributed by atoms with Gasteiger partial charge in [0, 0.05) is 22.7 Å². The number of allylic oxidation sites excluding steroid dienone is 1. The van der Waals surface area contributed by atoms with Crippen LogP contribution in [0.25, 0.3) is 28.1 Å². The Labute approximate surface area is 125 Å². The van der Waals surface area contributed by atoms with Crippen molar-refractivity contribution in [3.05, 3.63) is 71.7 Å². The summed E-state index contributed by atoms with van der Waals surface area (Å²) in [5, 5.41) is 0.803. The normalized spacial score (nSPS) is 11.5. The second-order valence-electron chi connectivity index (χ2n) is 4.87. The number of nitrogens with zero attached hydrogens (tertiary/aromatic N) is 1. The molecule has 0 saturated heterocycles. The minimum Gasteiger partial charge on any atom is -0.256 e. The van der Waals surface area contributed by atoms with Crippen LogP contribution in [0.5, 0.6) is 0 Å². The highest BCUT2D eigenvalue weighted by Crippen LogP contribution is 2.32. The minimum absolute atomic E-state index is 0.00560. The summed E-state index contributed by atoms with van der Waals surface area (Å²) in [6.07, 6.45) is 5.29. The maximum Gasteiger partial charge on any atom is 0.195 e. The standard InChI is InChI=1S/C18H12F3N/c1-2-4-11-9-12-5-3-8-22-18(12)14(10-11)13-6-7-15(19)17(21)16(13)20/h2-10H,1H3. The molecule has 0 unspecified atom stereocenters. The Morgan fingerprint density at radius 3 is 2.55 bits per heavy atom. The van der Waals surface area contributed by atoms with Crippen LogP contribution < -0.4 is 0 Å². The number of rotatable bonds is 2. The average molecular weight is 299 g/mol. The molecule has 0 saturated carbocycles. The second-order valence-corrected chi connectivity index (χ2v) is 4.87. The first kappa shape index (κ1) is 14.3. The van der Waals surface area contributed by atoms with Crippen molar-refractivity contribution in [2.75, 3.05) is 0 Å². The van der Waals surface area contributed by atoms with Gasteiger partial charge in [0.25, 0.3) is 0 Å². The Kier molecular flexibility index (Phi) is 3.67. The van der Waals surface area contributed by atoms with E-state index in [0.29, 0.717) is 11.1 Å². The molecule has 0 aliphatic heterocycles. The Bertz CT molecular complexity index is 885. The van der Waals surface area contributed by atoms with Crippen LogP contribution in [0, 0.1) is 17.5 Å². The van der Waals surface area contributed by atoms with Crippen LogP contribution in [-0.4, -0.2) is 4.98 Å². The average Bonchev–Trinajstić information content (AvgIpc) is 2.53. The molecule has 1 heterocycles. The minimum atomic E-state index is -1.47. The third-order valence-electron chi connectivity index (χ3n) is 3.41. The molecule has 2 aromatic carbocycles. The highest BCUT2D eigenvalue weighted by Gasteiger charge is 2.17. The summed E-state index contributed by atoms with van der Waals surface area (Å²) >= 11 is 0. The summed E-state index contributed by atoms with van der Waals surface area (Å²) in [6, 6.07) is 9.39. The summed E-state index contributed by atoms with van der Waals surface area (Å²) in [5.74, 6) is -3.88. The molecule has 0 fully saturated rings. The molecule has 1 aromatic heterocycles. The van der Waals surface area contributed by atoms with E-state index in [1.54, 1.807) is 18.3 Å². The van der Waals surface area contributed by atoms with Crippen LogP contribution in [0.4, 0.5) is 13.2 Å². The van der Waals surface area contributed by atoms with Gasteiger partial charge in [-0.3, -0.25) is 4.98 Å². The second kappa shape index (κ2) is 5.64. The van der Waals surface area contributed by atoms with Gasteiger partial charge in [0.05, 0.1) is 5.52 Å². The molecular weight excluding hydrogens is 287 g/mol. The van der Waals surface area contributed by atoms with Crippen molar-refractivity contribution >= 4 is 17.0 Å². The van der Waals surface area contributed by atoms with Crippen LogP contribution in [0.15, 0.2) is 48.7 Å². The van der Waals surface area contributed by atoms with Crippen LogP contribution >= 0.6 is 0 Å². The van der Waals surface area contributed by atoms with Crippen molar-refractivity contribution in [1.29, 1.82) is 0 Å². The Morgan fingerprint density at radius 1 is 0.955 bits per heavy atom. The highest BCUT2D eigenvalue weighted by atomic mass is 19.2. The van der Waals surface area contributed by atoms with E-state index in [0.717, 1.165) is 17.0 Å². The lowest BCUT2D eigenvalue weighted by Crippen LogP contribution is -1.95. The SMILES string of the molecule is CC=Cc1cc(-c2ccc(F)c(F)c2F)c2ncccc2c1. The zero-order valence-corrected chi connectivity index (χ0v) is 11.8. The number of aromatic nitrogens is 1. The van der Waals surface area contributed by atoms with Gasteiger partial charge in [-0.05, 0) is 42.8 Å². The first-order valence-corrected chi connectivity index (χ1v) is 6.77. The van der Waals surface area contributed by atoms with Crippen molar-refractivity contribution in [1.82, 2.24) is 4.98 Å². The van der Waals surface area contributed by atoms with Gasteiger partial charge in [-0.25, -0.2) is 13.2 Å². The monoisotopic (exact) mass is 299 g/mol. The van der Waals surface area contributed by atoms with E-state index in [4.69, 9.17) is 0 Å². The molecule has 1 nitrogen and oxygen atoms in total. The van der Waals surface area contributed by atoms with E-state index in [-0.39, 0.29) is 5.56 Å². The van der Waals surface area contributed by atoms with Crippen molar-refractivity contribution in [2.45, 2.75) is 6.92 Å². The van der Waals surface area contributed by atoms with Crippen LogP contribution in [0.1, 0.15) is 12.5 Å². The van der Waals surface area contributed by atoms with Gasteiger partial charge in [-0.2, -0.15) is 0 Å². The first-order chi connectivity index (χ1) is 10.6. The number of benzene rings is 2. The summed E-state index contributed by atoms with van der Waals surface area (Å²) in [5.41, 5.74) is 1.80. The molecule has 0 spiro atoms. The van der Waals surface area contributed by atoms with E-state index >= 15 is 0 Å². The number of hydrogen-bond acceptors (Lipinski definition) is 1. The van der Waals surface area contributed by atoms with E-state index in [9.17, 15) is 13.2 Å². The van der Waals surface area contributed by atoms with E-state index in [1.165, 1.54) is 6.07 Å². The predicted octanol–water partition coefficient (Wildman–Crippen LogP) is 5.35. The lowest BCUT2D eigenvalue weighted by molar-refractivity contribution is 0.449. The number of pyridine rings is 1. The molecule has 3 rings (SSSR count). The Hall–Kier alpha value is -2.62. The molecule has 0 atom stereocenters. The third-order valence-corrected chi connectivity index (χ3v) is 3.41. The summed E-state index contributed by atoms with van der Waals surface area (Å²) < 4.78 is 40.8. The van der Waals surface area contributed by atoms with E-state index < -0.39 is 17.5 Å².